The Labute approximate surface area is 131 Å². The lowest BCUT2D eigenvalue weighted by atomic mass is 10.1. The Bertz CT molecular complexity index is 388. The highest BCUT2D eigenvalue weighted by Crippen LogP contribution is 2.14. The van der Waals surface area contributed by atoms with Gasteiger partial charge in [0.2, 0.25) is 0 Å². The van der Waals surface area contributed by atoms with Gasteiger partial charge in [-0.25, -0.2) is 9.59 Å². The predicted molar refractivity (Wildman–Crippen MR) is 80.5 cm³/mol. The van der Waals surface area contributed by atoms with Crippen LogP contribution in [0.5, 0.6) is 0 Å². The average Bonchev–Trinajstić information content (AvgIpc) is 2.38. The summed E-state index contributed by atoms with van der Waals surface area (Å²) >= 11 is 0. The van der Waals surface area contributed by atoms with Gasteiger partial charge in [0.05, 0.1) is 13.5 Å². The molecule has 0 fully saturated rings. The van der Waals surface area contributed by atoms with Gasteiger partial charge < -0.3 is 14.6 Å². The van der Waals surface area contributed by atoms with Crippen LogP contribution in [0.2, 0.25) is 0 Å². The van der Waals surface area contributed by atoms with E-state index in [-0.39, 0.29) is 6.54 Å². The van der Waals surface area contributed by atoms with E-state index in [9.17, 15) is 19.5 Å². The molecule has 7 heteroatoms. The number of hydrogen-bond acceptors (Lipinski definition) is 5. The minimum atomic E-state index is -1.29. The summed E-state index contributed by atoms with van der Waals surface area (Å²) < 4.78 is 9.75. The van der Waals surface area contributed by atoms with E-state index in [1.165, 1.54) is 7.11 Å². The molecule has 0 aliphatic rings. The van der Waals surface area contributed by atoms with Gasteiger partial charge in [-0.2, -0.15) is 0 Å². The molecular formula is C15H27NO6. The van der Waals surface area contributed by atoms with Crippen LogP contribution in [0.25, 0.3) is 0 Å². The van der Waals surface area contributed by atoms with Crippen LogP contribution in [-0.2, 0) is 19.1 Å². The molecule has 0 aliphatic carbocycles. The first-order valence-electron chi connectivity index (χ1n) is 7.41. The van der Waals surface area contributed by atoms with E-state index in [1.807, 2.05) is 6.92 Å². The highest BCUT2D eigenvalue weighted by molar-refractivity contribution is 5.85. The van der Waals surface area contributed by atoms with Crippen LogP contribution in [-0.4, -0.2) is 53.3 Å². The van der Waals surface area contributed by atoms with Gasteiger partial charge in [-0.3, -0.25) is 9.69 Å². The fraction of sp³-hybridized carbons (Fsp3) is 0.800. The summed E-state index contributed by atoms with van der Waals surface area (Å²) in [5.41, 5.74) is -0.710. The van der Waals surface area contributed by atoms with Gasteiger partial charge in [0, 0.05) is 6.54 Å². The molecular weight excluding hydrogens is 290 g/mol. The number of unbranched alkanes of at least 4 members (excludes halogenated alkanes) is 2. The fourth-order valence-corrected chi connectivity index (χ4v) is 1.90. The van der Waals surface area contributed by atoms with Crippen molar-refractivity contribution in [2.75, 3.05) is 13.7 Å². The average molecular weight is 317 g/mol. The molecule has 22 heavy (non-hydrogen) atoms. The van der Waals surface area contributed by atoms with E-state index >= 15 is 0 Å². The lowest BCUT2D eigenvalue weighted by Gasteiger charge is -2.28. The largest absolute Gasteiger partial charge is 0.480 e. The standard InChI is InChI=1S/C15H27NO6/c1-6-7-8-9-16(14(20)21-5)11(13(18)19)10-12(17)22-15(2,3)4/h11H,6-10H2,1-5H3,(H,18,19). The highest BCUT2D eigenvalue weighted by atomic mass is 16.6. The Hall–Kier alpha value is -1.79. The number of carboxylic acid groups (broad SMARTS) is 1. The molecule has 0 aromatic rings. The van der Waals surface area contributed by atoms with Crippen LogP contribution in [0.3, 0.4) is 0 Å². The second-order valence-corrected chi connectivity index (χ2v) is 6.02. The summed E-state index contributed by atoms with van der Waals surface area (Å²) in [5, 5.41) is 9.33. The number of esters is 1. The van der Waals surface area contributed by atoms with Gasteiger partial charge in [0.15, 0.2) is 0 Å². The Morgan fingerprint density at radius 1 is 1.18 bits per heavy atom. The maximum atomic E-state index is 11.9. The van der Waals surface area contributed by atoms with Gasteiger partial charge in [-0.05, 0) is 27.2 Å². The van der Waals surface area contributed by atoms with E-state index in [0.717, 1.165) is 17.7 Å². The minimum absolute atomic E-state index is 0.222. The zero-order chi connectivity index (χ0) is 17.3. The van der Waals surface area contributed by atoms with Crippen molar-refractivity contribution in [1.29, 1.82) is 0 Å². The molecule has 1 amide bonds. The number of aliphatic carboxylic acids is 1. The van der Waals surface area contributed by atoms with Crippen molar-refractivity contribution in [2.45, 2.75) is 65.0 Å². The second-order valence-electron chi connectivity index (χ2n) is 6.02. The van der Waals surface area contributed by atoms with E-state index in [1.54, 1.807) is 20.8 Å². The Balaban J connectivity index is 5.00. The maximum absolute atomic E-state index is 11.9. The molecule has 0 saturated carbocycles. The number of carbonyl (C=O) groups excluding carboxylic acids is 2. The van der Waals surface area contributed by atoms with Crippen molar-refractivity contribution in [3.63, 3.8) is 0 Å². The minimum Gasteiger partial charge on any atom is -0.480 e. The number of carboxylic acids is 1. The van der Waals surface area contributed by atoms with Crippen LogP contribution < -0.4 is 0 Å². The van der Waals surface area contributed by atoms with Crippen molar-refractivity contribution < 1.29 is 29.0 Å². The van der Waals surface area contributed by atoms with Crippen LogP contribution in [0.4, 0.5) is 4.79 Å². The van der Waals surface area contributed by atoms with E-state index in [2.05, 4.69) is 4.74 Å². The number of methoxy groups -OCH3 is 1. The molecule has 0 aromatic carbocycles. The van der Waals surface area contributed by atoms with Crippen LogP contribution in [0.1, 0.15) is 53.4 Å². The van der Waals surface area contributed by atoms with Crippen LogP contribution in [0.15, 0.2) is 0 Å². The lowest BCUT2D eigenvalue weighted by Crippen LogP contribution is -2.47. The zero-order valence-electron chi connectivity index (χ0n) is 14.0. The number of hydrogen-bond donors (Lipinski definition) is 1. The smallest absolute Gasteiger partial charge is 0.410 e. The Morgan fingerprint density at radius 3 is 2.18 bits per heavy atom. The molecule has 0 spiro atoms. The number of nitrogens with zero attached hydrogens (tertiary/aromatic N) is 1. The highest BCUT2D eigenvalue weighted by Gasteiger charge is 2.33. The molecule has 1 N–H and O–H groups in total. The fourth-order valence-electron chi connectivity index (χ4n) is 1.90. The molecule has 0 bridgehead atoms. The third-order valence-corrected chi connectivity index (χ3v) is 2.85. The van der Waals surface area contributed by atoms with Crippen LogP contribution >= 0.6 is 0 Å². The first-order chi connectivity index (χ1) is 10.1. The number of rotatable bonds is 8. The Morgan fingerprint density at radius 2 is 1.77 bits per heavy atom. The Kier molecular flexibility index (Phi) is 8.52. The topological polar surface area (TPSA) is 93.1 Å². The number of amides is 1. The molecule has 0 rings (SSSR count). The molecule has 7 nitrogen and oxygen atoms in total. The second kappa shape index (κ2) is 9.27. The quantitative estimate of drug-likeness (QED) is 0.546. The van der Waals surface area contributed by atoms with Gasteiger partial charge in [0.25, 0.3) is 0 Å². The molecule has 0 aliphatic heterocycles. The van der Waals surface area contributed by atoms with E-state index in [0.29, 0.717) is 6.42 Å². The summed E-state index contributed by atoms with van der Waals surface area (Å²) in [4.78, 5) is 36.2. The molecule has 0 aromatic heterocycles. The summed E-state index contributed by atoms with van der Waals surface area (Å²) in [6, 6.07) is -1.29. The first kappa shape index (κ1) is 20.2. The number of carbonyl (C=O) groups is 3. The molecule has 1 atom stereocenters. The van der Waals surface area contributed by atoms with Crippen molar-refractivity contribution in [3.8, 4) is 0 Å². The van der Waals surface area contributed by atoms with Crippen molar-refractivity contribution >= 4 is 18.0 Å². The van der Waals surface area contributed by atoms with Crippen LogP contribution in [0, 0.1) is 0 Å². The molecule has 0 radical (unpaired) electrons. The third kappa shape index (κ3) is 7.85. The third-order valence-electron chi connectivity index (χ3n) is 2.85. The zero-order valence-corrected chi connectivity index (χ0v) is 14.0. The summed E-state index contributed by atoms with van der Waals surface area (Å²) in [6.07, 6.45) is 1.26. The van der Waals surface area contributed by atoms with Gasteiger partial charge in [-0.15, -0.1) is 0 Å². The van der Waals surface area contributed by atoms with Crippen molar-refractivity contribution in [3.05, 3.63) is 0 Å². The maximum Gasteiger partial charge on any atom is 0.410 e. The summed E-state index contributed by atoms with van der Waals surface area (Å²) in [7, 11) is 1.18. The monoisotopic (exact) mass is 317 g/mol. The molecule has 0 heterocycles. The number of ether oxygens (including phenoxy) is 2. The predicted octanol–water partition coefficient (Wildman–Crippen LogP) is 2.43. The summed E-state index contributed by atoms with van der Waals surface area (Å²) in [5.74, 6) is -1.92. The van der Waals surface area contributed by atoms with Gasteiger partial charge in [0.1, 0.15) is 11.6 Å². The molecule has 0 saturated heterocycles. The first-order valence-corrected chi connectivity index (χ1v) is 7.41. The van der Waals surface area contributed by atoms with Gasteiger partial charge >= 0.3 is 18.0 Å². The van der Waals surface area contributed by atoms with E-state index in [4.69, 9.17) is 4.74 Å². The molecule has 1 unspecified atom stereocenters. The SMILES string of the molecule is CCCCCN(C(=O)OC)C(CC(=O)OC(C)(C)C)C(=O)O. The summed E-state index contributed by atoms with van der Waals surface area (Å²) in [6.45, 7) is 7.30. The van der Waals surface area contributed by atoms with E-state index < -0.39 is 36.1 Å². The van der Waals surface area contributed by atoms with Crippen molar-refractivity contribution in [2.24, 2.45) is 0 Å². The van der Waals surface area contributed by atoms with Crippen molar-refractivity contribution in [1.82, 2.24) is 4.90 Å². The lowest BCUT2D eigenvalue weighted by molar-refractivity contribution is -0.160. The molecule has 128 valence electrons. The normalized spacial score (nSPS) is 12.4. The van der Waals surface area contributed by atoms with Gasteiger partial charge in [-0.1, -0.05) is 19.8 Å².